The van der Waals surface area contributed by atoms with Gasteiger partial charge >= 0.3 is 0 Å². The van der Waals surface area contributed by atoms with Gasteiger partial charge in [-0.05, 0) is 36.8 Å². The molecule has 0 amide bonds. The summed E-state index contributed by atoms with van der Waals surface area (Å²) in [5.41, 5.74) is 7.98. The predicted octanol–water partition coefficient (Wildman–Crippen LogP) is 2.00. The van der Waals surface area contributed by atoms with Gasteiger partial charge < -0.3 is 5.73 Å². The molecule has 1 saturated carbocycles. The summed E-state index contributed by atoms with van der Waals surface area (Å²) in [6.07, 6.45) is 3.91. The van der Waals surface area contributed by atoms with E-state index in [1.54, 1.807) is 0 Å². The smallest absolute Gasteiger partial charge is 0.0233 e. The van der Waals surface area contributed by atoms with E-state index in [1.165, 1.54) is 37.9 Å². The van der Waals surface area contributed by atoms with Crippen LogP contribution in [0.2, 0.25) is 0 Å². The van der Waals surface area contributed by atoms with Crippen LogP contribution in [0.5, 0.6) is 0 Å². The fraction of sp³-hybridized carbons (Fsp3) is 0.571. The minimum absolute atomic E-state index is 0.478. The molecule has 1 aliphatic heterocycles. The van der Waals surface area contributed by atoms with Crippen LogP contribution in [0.4, 0.5) is 0 Å². The second kappa shape index (κ2) is 3.86. The van der Waals surface area contributed by atoms with E-state index in [-0.39, 0.29) is 0 Å². The molecule has 1 aromatic carbocycles. The monoisotopic (exact) mass is 216 g/mol. The lowest BCUT2D eigenvalue weighted by molar-refractivity contribution is 0.150. The van der Waals surface area contributed by atoms with Crippen LogP contribution < -0.4 is 5.73 Å². The van der Waals surface area contributed by atoms with Crippen molar-refractivity contribution in [2.24, 2.45) is 11.1 Å². The molecule has 1 aliphatic carbocycles. The van der Waals surface area contributed by atoms with E-state index in [4.69, 9.17) is 5.73 Å². The fourth-order valence-corrected chi connectivity index (χ4v) is 3.08. The minimum atomic E-state index is 0.478. The van der Waals surface area contributed by atoms with E-state index < -0.39 is 0 Å². The second-order valence-corrected chi connectivity index (χ2v) is 5.47. The average Bonchev–Trinajstić information content (AvgIpc) is 2.89. The highest BCUT2D eigenvalue weighted by Crippen LogP contribution is 2.51. The van der Waals surface area contributed by atoms with E-state index >= 15 is 0 Å². The van der Waals surface area contributed by atoms with Crippen molar-refractivity contribution in [1.82, 2.24) is 4.90 Å². The third-order valence-corrected chi connectivity index (χ3v) is 4.19. The highest BCUT2D eigenvalue weighted by molar-refractivity contribution is 5.16. The topological polar surface area (TPSA) is 29.3 Å². The van der Waals surface area contributed by atoms with Crippen LogP contribution in [0, 0.1) is 5.41 Å². The summed E-state index contributed by atoms with van der Waals surface area (Å²) < 4.78 is 0. The molecule has 2 heteroatoms. The van der Waals surface area contributed by atoms with Crippen LogP contribution >= 0.6 is 0 Å². The SMILES string of the molecule is N[C@@H]1C[C@]12CCCN(Cc1ccccc1)C2. The van der Waals surface area contributed by atoms with Crippen molar-refractivity contribution in [1.29, 1.82) is 0 Å². The van der Waals surface area contributed by atoms with Crippen LogP contribution in [-0.2, 0) is 6.54 Å². The number of rotatable bonds is 2. The molecule has 3 rings (SSSR count). The Bertz CT molecular complexity index is 362. The molecule has 1 spiro atoms. The summed E-state index contributed by atoms with van der Waals surface area (Å²) in [6, 6.07) is 11.2. The highest BCUT2D eigenvalue weighted by atomic mass is 15.2. The zero-order valence-electron chi connectivity index (χ0n) is 9.73. The molecule has 0 bridgehead atoms. The van der Waals surface area contributed by atoms with Gasteiger partial charge in [-0.3, -0.25) is 4.90 Å². The van der Waals surface area contributed by atoms with Crippen LogP contribution in [0.3, 0.4) is 0 Å². The maximum Gasteiger partial charge on any atom is 0.0233 e. The molecule has 86 valence electrons. The molecule has 0 aromatic heterocycles. The lowest BCUT2D eigenvalue weighted by Gasteiger charge is -2.33. The number of hydrogen-bond acceptors (Lipinski definition) is 2. The average molecular weight is 216 g/mol. The Morgan fingerprint density at radius 1 is 1.31 bits per heavy atom. The fourth-order valence-electron chi connectivity index (χ4n) is 3.08. The Morgan fingerprint density at radius 3 is 2.75 bits per heavy atom. The van der Waals surface area contributed by atoms with Gasteiger partial charge in [0.2, 0.25) is 0 Å². The van der Waals surface area contributed by atoms with Crippen molar-refractivity contribution < 1.29 is 0 Å². The molecule has 0 unspecified atom stereocenters. The molecule has 0 radical (unpaired) electrons. The molecular formula is C14H20N2. The molecular weight excluding hydrogens is 196 g/mol. The molecule has 1 saturated heterocycles. The number of hydrogen-bond donors (Lipinski definition) is 1. The van der Waals surface area contributed by atoms with Gasteiger partial charge in [0.15, 0.2) is 0 Å². The third-order valence-electron chi connectivity index (χ3n) is 4.19. The molecule has 16 heavy (non-hydrogen) atoms. The number of nitrogens with two attached hydrogens (primary N) is 1. The van der Waals surface area contributed by atoms with E-state index in [2.05, 4.69) is 35.2 Å². The largest absolute Gasteiger partial charge is 0.327 e. The van der Waals surface area contributed by atoms with Gasteiger partial charge in [0, 0.05) is 19.1 Å². The summed E-state index contributed by atoms with van der Waals surface area (Å²) in [6.45, 7) is 3.54. The predicted molar refractivity (Wildman–Crippen MR) is 66.0 cm³/mol. The van der Waals surface area contributed by atoms with Crippen LogP contribution in [0.1, 0.15) is 24.8 Å². The van der Waals surface area contributed by atoms with Gasteiger partial charge in [-0.15, -0.1) is 0 Å². The first-order valence-electron chi connectivity index (χ1n) is 6.30. The Morgan fingerprint density at radius 2 is 2.06 bits per heavy atom. The lowest BCUT2D eigenvalue weighted by atomic mass is 9.94. The van der Waals surface area contributed by atoms with Gasteiger partial charge in [0.25, 0.3) is 0 Å². The summed E-state index contributed by atoms with van der Waals surface area (Å²) in [5, 5.41) is 0. The van der Waals surface area contributed by atoms with E-state index in [9.17, 15) is 0 Å². The number of likely N-dealkylation sites (tertiary alicyclic amines) is 1. The Hall–Kier alpha value is -0.860. The van der Waals surface area contributed by atoms with E-state index in [1.807, 2.05) is 0 Å². The van der Waals surface area contributed by atoms with Crippen LogP contribution in [0.25, 0.3) is 0 Å². The Labute approximate surface area is 97.4 Å². The third kappa shape index (κ3) is 1.87. The molecule has 2 fully saturated rings. The standard InChI is InChI=1S/C14H20N2/c15-13-9-14(13)7-4-8-16(11-14)10-12-5-2-1-3-6-12/h1-3,5-6,13H,4,7-11,15H2/t13-,14+/m1/s1. The van der Waals surface area contributed by atoms with Crippen molar-refractivity contribution >= 4 is 0 Å². The first-order chi connectivity index (χ1) is 7.78. The number of piperidine rings is 1. The molecule has 2 nitrogen and oxygen atoms in total. The number of nitrogens with zero attached hydrogens (tertiary/aromatic N) is 1. The first kappa shape index (κ1) is 10.3. The first-order valence-corrected chi connectivity index (χ1v) is 6.30. The minimum Gasteiger partial charge on any atom is -0.327 e. The Kier molecular flexibility index (Phi) is 2.49. The normalized spacial score (nSPS) is 34.2. The summed E-state index contributed by atoms with van der Waals surface area (Å²) in [5.74, 6) is 0. The van der Waals surface area contributed by atoms with Crippen molar-refractivity contribution in [2.75, 3.05) is 13.1 Å². The van der Waals surface area contributed by atoms with Gasteiger partial charge in [-0.1, -0.05) is 30.3 Å². The Balaban J connectivity index is 1.64. The van der Waals surface area contributed by atoms with Crippen LogP contribution in [0.15, 0.2) is 30.3 Å². The molecule has 2 atom stereocenters. The maximum atomic E-state index is 6.06. The summed E-state index contributed by atoms with van der Waals surface area (Å²) in [4.78, 5) is 2.58. The summed E-state index contributed by atoms with van der Waals surface area (Å²) in [7, 11) is 0. The number of benzene rings is 1. The van der Waals surface area contributed by atoms with Crippen molar-refractivity contribution in [3.63, 3.8) is 0 Å². The highest BCUT2D eigenvalue weighted by Gasteiger charge is 2.53. The molecule has 1 heterocycles. The summed E-state index contributed by atoms with van der Waals surface area (Å²) >= 11 is 0. The zero-order chi connectivity index (χ0) is 11.0. The van der Waals surface area contributed by atoms with E-state index in [0.29, 0.717) is 11.5 Å². The zero-order valence-corrected chi connectivity index (χ0v) is 9.73. The van der Waals surface area contributed by atoms with Crippen molar-refractivity contribution in [3.05, 3.63) is 35.9 Å². The van der Waals surface area contributed by atoms with E-state index in [0.717, 1.165) is 6.54 Å². The molecule has 1 aromatic rings. The quantitative estimate of drug-likeness (QED) is 0.819. The van der Waals surface area contributed by atoms with Gasteiger partial charge in [0.1, 0.15) is 0 Å². The molecule has 2 N–H and O–H groups in total. The maximum absolute atomic E-state index is 6.06. The van der Waals surface area contributed by atoms with Crippen molar-refractivity contribution in [3.8, 4) is 0 Å². The van der Waals surface area contributed by atoms with Crippen molar-refractivity contribution in [2.45, 2.75) is 31.8 Å². The second-order valence-electron chi connectivity index (χ2n) is 5.47. The molecule has 2 aliphatic rings. The van der Waals surface area contributed by atoms with Crippen LogP contribution in [-0.4, -0.2) is 24.0 Å². The van der Waals surface area contributed by atoms with Gasteiger partial charge in [-0.25, -0.2) is 0 Å². The van der Waals surface area contributed by atoms with Gasteiger partial charge in [0.05, 0.1) is 0 Å². The van der Waals surface area contributed by atoms with Gasteiger partial charge in [-0.2, -0.15) is 0 Å². The lowest BCUT2D eigenvalue weighted by Crippen LogP contribution is -2.38.